The van der Waals surface area contributed by atoms with Gasteiger partial charge in [0.05, 0.1) is 12.1 Å². The van der Waals surface area contributed by atoms with E-state index in [9.17, 15) is 9.59 Å². The van der Waals surface area contributed by atoms with Crippen LogP contribution >= 0.6 is 11.6 Å². The highest BCUT2D eigenvalue weighted by Crippen LogP contribution is 2.15. The van der Waals surface area contributed by atoms with Gasteiger partial charge in [0.25, 0.3) is 5.24 Å². The minimum atomic E-state index is -0.407. The Bertz CT molecular complexity index is 929. The third-order valence-electron chi connectivity index (χ3n) is 4.35. The van der Waals surface area contributed by atoms with Gasteiger partial charge in [-0.15, -0.1) is 0 Å². The molecular weight excluding hydrogens is 398 g/mol. The number of esters is 1. The van der Waals surface area contributed by atoms with E-state index >= 15 is 0 Å². The van der Waals surface area contributed by atoms with Gasteiger partial charge in [0.1, 0.15) is 6.61 Å². The molecule has 0 atom stereocenters. The lowest BCUT2D eigenvalue weighted by Gasteiger charge is -2.23. The van der Waals surface area contributed by atoms with Crippen LogP contribution in [-0.2, 0) is 4.74 Å². The smallest absolute Gasteiger partial charge is 0.338 e. The van der Waals surface area contributed by atoms with E-state index in [2.05, 4.69) is 36.9 Å². The fourth-order valence-electron chi connectivity index (χ4n) is 2.77. The van der Waals surface area contributed by atoms with Crippen LogP contribution < -0.4 is 4.90 Å². The van der Waals surface area contributed by atoms with Crippen LogP contribution in [0.3, 0.4) is 0 Å². The van der Waals surface area contributed by atoms with Crippen molar-refractivity contribution in [3.8, 4) is 0 Å². The van der Waals surface area contributed by atoms with Gasteiger partial charge in [-0.2, -0.15) is 0 Å². The van der Waals surface area contributed by atoms with Gasteiger partial charge in [-0.3, -0.25) is 4.79 Å². The predicted octanol–water partition coefficient (Wildman–Crippen LogP) is 5.74. The van der Waals surface area contributed by atoms with Crippen LogP contribution in [-0.4, -0.2) is 30.9 Å². The Hall–Kier alpha value is -3.11. The summed E-state index contributed by atoms with van der Waals surface area (Å²) < 4.78 is 5.33. The molecule has 3 aromatic carbocycles. The summed E-state index contributed by atoms with van der Waals surface area (Å²) in [7, 11) is 0. The Morgan fingerprint density at radius 2 is 1.47 bits per heavy atom. The number of rotatable bonds is 7. The maximum atomic E-state index is 11.9. The number of halogens is 1. The Morgan fingerprint density at radius 1 is 0.867 bits per heavy atom. The Balaban J connectivity index is 0.000000297. The quantitative estimate of drug-likeness (QED) is 0.359. The first-order valence-electron chi connectivity index (χ1n) is 9.80. The number of likely N-dealkylation sites (N-methyl/N-ethyl adjacent to an activating group) is 1. The van der Waals surface area contributed by atoms with Crippen molar-refractivity contribution in [1.29, 1.82) is 0 Å². The van der Waals surface area contributed by atoms with E-state index in [1.807, 2.05) is 30.3 Å². The third kappa shape index (κ3) is 7.72. The number of ether oxygens (including phenoxy) is 1. The first-order chi connectivity index (χ1) is 14.5. The Kier molecular flexibility index (Phi) is 9.62. The third-order valence-corrected chi connectivity index (χ3v) is 4.57. The van der Waals surface area contributed by atoms with Crippen molar-refractivity contribution in [2.45, 2.75) is 13.8 Å². The molecule has 30 heavy (non-hydrogen) atoms. The van der Waals surface area contributed by atoms with E-state index < -0.39 is 5.24 Å². The second kappa shape index (κ2) is 12.5. The minimum absolute atomic E-state index is 0.268. The summed E-state index contributed by atoms with van der Waals surface area (Å²) in [6.07, 6.45) is 0. The van der Waals surface area contributed by atoms with Crippen LogP contribution in [0.5, 0.6) is 0 Å². The normalized spacial score (nSPS) is 9.83. The summed E-state index contributed by atoms with van der Waals surface area (Å²) in [5.74, 6) is -0.268. The molecule has 0 bridgehead atoms. The highest BCUT2D eigenvalue weighted by atomic mass is 35.5. The zero-order valence-corrected chi connectivity index (χ0v) is 18.0. The number of anilines is 1. The van der Waals surface area contributed by atoms with Gasteiger partial charge in [-0.25, -0.2) is 4.79 Å². The maximum Gasteiger partial charge on any atom is 0.338 e. The molecule has 3 aromatic rings. The minimum Gasteiger partial charge on any atom is -0.460 e. The van der Waals surface area contributed by atoms with Gasteiger partial charge in [-0.05, 0) is 55.3 Å². The zero-order chi connectivity index (χ0) is 21.8. The van der Waals surface area contributed by atoms with Crippen molar-refractivity contribution in [3.05, 3.63) is 102 Å². The van der Waals surface area contributed by atoms with Gasteiger partial charge < -0.3 is 9.64 Å². The van der Waals surface area contributed by atoms with Crippen molar-refractivity contribution in [2.24, 2.45) is 0 Å². The van der Waals surface area contributed by atoms with Crippen molar-refractivity contribution in [2.75, 3.05) is 24.6 Å². The van der Waals surface area contributed by atoms with Crippen molar-refractivity contribution >= 4 is 28.5 Å². The SMILES string of the molecule is CCN(CCOC(=O)c1ccccc1)c1cccc(C)c1.O=C(Cl)c1ccccc1. The fraction of sp³-hybridized carbons (Fsp3) is 0.200. The average Bonchev–Trinajstić information content (AvgIpc) is 2.78. The van der Waals surface area contributed by atoms with E-state index in [1.54, 1.807) is 36.4 Å². The van der Waals surface area contributed by atoms with Crippen LogP contribution in [0.25, 0.3) is 0 Å². The topological polar surface area (TPSA) is 46.6 Å². The summed E-state index contributed by atoms with van der Waals surface area (Å²) in [5, 5.41) is -0.407. The van der Waals surface area contributed by atoms with Gasteiger partial charge in [0, 0.05) is 17.8 Å². The van der Waals surface area contributed by atoms with E-state index in [0.29, 0.717) is 24.3 Å². The van der Waals surface area contributed by atoms with E-state index in [1.165, 1.54) is 5.56 Å². The van der Waals surface area contributed by atoms with Crippen LogP contribution in [0.2, 0.25) is 0 Å². The van der Waals surface area contributed by atoms with E-state index in [-0.39, 0.29) is 5.97 Å². The predicted molar refractivity (Wildman–Crippen MR) is 122 cm³/mol. The molecule has 0 aliphatic heterocycles. The second-order valence-corrected chi connectivity index (χ2v) is 6.90. The molecule has 0 unspecified atom stereocenters. The van der Waals surface area contributed by atoms with Crippen LogP contribution in [0.15, 0.2) is 84.9 Å². The largest absolute Gasteiger partial charge is 0.460 e. The molecule has 5 heteroatoms. The highest BCUT2D eigenvalue weighted by molar-refractivity contribution is 6.67. The fourth-order valence-corrected chi connectivity index (χ4v) is 2.90. The Morgan fingerprint density at radius 3 is 1.97 bits per heavy atom. The molecule has 0 aliphatic carbocycles. The van der Waals surface area contributed by atoms with Gasteiger partial charge in [0.15, 0.2) is 0 Å². The molecule has 0 N–H and O–H groups in total. The summed E-state index contributed by atoms with van der Waals surface area (Å²) in [6.45, 7) is 6.13. The van der Waals surface area contributed by atoms with Crippen molar-refractivity contribution in [3.63, 3.8) is 0 Å². The molecule has 0 spiro atoms. The number of benzene rings is 3. The number of hydrogen-bond donors (Lipinski definition) is 0. The van der Waals surface area contributed by atoms with Gasteiger partial charge in [0.2, 0.25) is 0 Å². The van der Waals surface area contributed by atoms with Crippen LogP contribution in [0.4, 0.5) is 5.69 Å². The first kappa shape index (κ1) is 23.2. The number of aryl methyl sites for hydroxylation is 1. The highest BCUT2D eigenvalue weighted by Gasteiger charge is 2.08. The molecule has 0 saturated carbocycles. The van der Waals surface area contributed by atoms with E-state index in [4.69, 9.17) is 16.3 Å². The molecule has 0 fully saturated rings. The molecule has 0 aromatic heterocycles. The molecule has 0 radical (unpaired) electrons. The number of hydrogen-bond acceptors (Lipinski definition) is 4. The molecule has 3 rings (SSSR count). The molecule has 4 nitrogen and oxygen atoms in total. The van der Waals surface area contributed by atoms with Gasteiger partial charge in [-0.1, -0.05) is 60.7 Å². The number of carbonyl (C=O) groups excluding carboxylic acids is 2. The van der Waals surface area contributed by atoms with Crippen molar-refractivity contribution in [1.82, 2.24) is 0 Å². The lowest BCUT2D eigenvalue weighted by atomic mass is 10.2. The first-order valence-corrected chi connectivity index (χ1v) is 10.2. The maximum absolute atomic E-state index is 11.9. The summed E-state index contributed by atoms with van der Waals surface area (Å²) in [6, 6.07) is 26.2. The molecular formula is C25H26ClNO3. The average molecular weight is 424 g/mol. The summed E-state index contributed by atoms with van der Waals surface area (Å²) >= 11 is 5.16. The molecule has 0 saturated heterocycles. The van der Waals surface area contributed by atoms with Crippen molar-refractivity contribution < 1.29 is 14.3 Å². The summed E-state index contributed by atoms with van der Waals surface area (Å²) in [4.78, 5) is 24.5. The van der Waals surface area contributed by atoms with Crippen LogP contribution in [0.1, 0.15) is 33.2 Å². The Labute approximate surface area is 183 Å². The standard InChI is InChI=1S/C18H21NO2.C7H5ClO/c1-3-19(17-11-7-8-15(2)14-17)12-13-21-18(20)16-9-5-4-6-10-16;8-7(9)6-4-2-1-3-5-6/h4-11,14H,3,12-13H2,1-2H3;1-5H. The monoisotopic (exact) mass is 423 g/mol. The number of nitrogens with zero attached hydrogens (tertiary/aromatic N) is 1. The van der Waals surface area contributed by atoms with Gasteiger partial charge >= 0.3 is 5.97 Å². The molecule has 156 valence electrons. The molecule has 0 heterocycles. The van der Waals surface area contributed by atoms with E-state index in [0.717, 1.165) is 12.2 Å². The molecule has 0 amide bonds. The summed E-state index contributed by atoms with van der Waals surface area (Å²) in [5.41, 5.74) is 3.52. The molecule has 0 aliphatic rings. The lowest BCUT2D eigenvalue weighted by molar-refractivity contribution is 0.0515. The number of carbonyl (C=O) groups is 2. The second-order valence-electron chi connectivity index (χ2n) is 6.56. The zero-order valence-electron chi connectivity index (χ0n) is 17.3. The lowest BCUT2D eigenvalue weighted by Crippen LogP contribution is -2.28. The van der Waals surface area contributed by atoms with Crippen LogP contribution in [0, 0.1) is 6.92 Å².